The van der Waals surface area contributed by atoms with Crippen LogP contribution < -0.4 is 14.9 Å². The number of nitrogens with zero attached hydrogens (tertiary/aromatic N) is 2. The molecule has 27 heavy (non-hydrogen) atoms. The maximum atomic E-state index is 11.9. The van der Waals surface area contributed by atoms with Crippen molar-refractivity contribution in [3.8, 4) is 17.2 Å². The number of nitro groups is 1. The van der Waals surface area contributed by atoms with Crippen LogP contribution >= 0.6 is 0 Å². The molecule has 2 N–H and O–H groups in total. The highest BCUT2D eigenvalue weighted by Gasteiger charge is 2.19. The molecule has 2 aromatic carbocycles. The van der Waals surface area contributed by atoms with Crippen LogP contribution in [0.15, 0.2) is 35.4 Å². The van der Waals surface area contributed by atoms with Crippen LogP contribution in [0.3, 0.4) is 0 Å². The van der Waals surface area contributed by atoms with Crippen LogP contribution in [-0.4, -0.2) is 35.9 Å². The lowest BCUT2D eigenvalue weighted by Gasteiger charge is -2.10. The summed E-state index contributed by atoms with van der Waals surface area (Å²) in [6.45, 7) is 3.52. The van der Waals surface area contributed by atoms with E-state index in [1.807, 2.05) is 32.0 Å². The highest BCUT2D eigenvalue weighted by atomic mass is 16.6. The molecule has 142 valence electrons. The molecule has 1 amide bonds. The summed E-state index contributed by atoms with van der Waals surface area (Å²) in [5.41, 5.74) is 3.84. The van der Waals surface area contributed by atoms with Gasteiger partial charge in [-0.2, -0.15) is 5.10 Å². The normalized spacial score (nSPS) is 10.6. The van der Waals surface area contributed by atoms with Crippen LogP contribution in [0, 0.1) is 24.0 Å². The van der Waals surface area contributed by atoms with Crippen LogP contribution in [0.25, 0.3) is 0 Å². The van der Waals surface area contributed by atoms with Gasteiger partial charge in [0.1, 0.15) is 5.75 Å². The van der Waals surface area contributed by atoms with Gasteiger partial charge in [-0.1, -0.05) is 18.2 Å². The number of nitrogens with one attached hydrogen (secondary N) is 1. The molecule has 0 aromatic heterocycles. The number of carbonyl (C=O) groups excluding carboxylic acids is 1. The van der Waals surface area contributed by atoms with Crippen LogP contribution in [-0.2, 0) is 4.79 Å². The summed E-state index contributed by atoms with van der Waals surface area (Å²) in [7, 11) is 1.27. The minimum atomic E-state index is -0.744. The first-order chi connectivity index (χ1) is 12.8. The van der Waals surface area contributed by atoms with Crippen LogP contribution in [0.4, 0.5) is 5.69 Å². The number of phenolic OH excluding ortho intramolecular Hbond substituents is 1. The van der Waals surface area contributed by atoms with Gasteiger partial charge in [-0.25, -0.2) is 5.43 Å². The van der Waals surface area contributed by atoms with Crippen molar-refractivity contribution < 1.29 is 24.3 Å². The SMILES string of the molecule is COc1cc(/C=N/NC(=O)COc2c(C)cccc2C)cc([N+](=O)[O-])c1O. The van der Waals surface area contributed by atoms with Crippen molar-refractivity contribution in [2.45, 2.75) is 13.8 Å². The number of ether oxygens (including phenoxy) is 2. The monoisotopic (exact) mass is 373 g/mol. The minimum absolute atomic E-state index is 0.0738. The molecule has 0 aliphatic heterocycles. The third kappa shape index (κ3) is 4.94. The Kier molecular flexibility index (Phi) is 6.32. The molecule has 0 aliphatic rings. The average molecular weight is 373 g/mol. The first-order valence-corrected chi connectivity index (χ1v) is 7.89. The maximum Gasteiger partial charge on any atom is 0.315 e. The molecule has 0 saturated heterocycles. The van der Waals surface area contributed by atoms with Gasteiger partial charge in [0.25, 0.3) is 5.91 Å². The number of para-hydroxylation sites is 1. The summed E-state index contributed by atoms with van der Waals surface area (Å²) in [5.74, 6) is -0.509. The fourth-order valence-electron chi connectivity index (χ4n) is 2.36. The second-order valence-corrected chi connectivity index (χ2v) is 5.65. The lowest BCUT2D eigenvalue weighted by Crippen LogP contribution is -2.25. The van der Waals surface area contributed by atoms with Gasteiger partial charge in [0, 0.05) is 11.6 Å². The Morgan fingerprint density at radius 2 is 2.00 bits per heavy atom. The fraction of sp³-hybridized carbons (Fsp3) is 0.222. The molecule has 0 aliphatic carbocycles. The van der Waals surface area contributed by atoms with Crippen LogP contribution in [0.1, 0.15) is 16.7 Å². The molecule has 0 unspecified atom stereocenters. The van der Waals surface area contributed by atoms with E-state index in [1.54, 1.807) is 0 Å². The van der Waals surface area contributed by atoms with Crippen molar-refractivity contribution in [3.63, 3.8) is 0 Å². The van der Waals surface area contributed by atoms with E-state index in [1.165, 1.54) is 19.4 Å². The molecule has 0 atom stereocenters. The van der Waals surface area contributed by atoms with Crippen molar-refractivity contribution in [1.29, 1.82) is 0 Å². The molecule has 9 heteroatoms. The Balaban J connectivity index is 2.01. The van der Waals surface area contributed by atoms with Crippen molar-refractivity contribution in [1.82, 2.24) is 5.43 Å². The molecule has 2 rings (SSSR count). The van der Waals surface area contributed by atoms with Gasteiger partial charge < -0.3 is 14.6 Å². The third-order valence-corrected chi connectivity index (χ3v) is 3.65. The zero-order valence-electron chi connectivity index (χ0n) is 15.1. The summed E-state index contributed by atoms with van der Waals surface area (Å²) in [4.78, 5) is 22.1. The van der Waals surface area contributed by atoms with Gasteiger partial charge in [0.2, 0.25) is 5.75 Å². The predicted octanol–water partition coefficient (Wildman–Crippen LogP) is 2.45. The highest BCUT2D eigenvalue weighted by Crippen LogP contribution is 2.36. The molecular formula is C18H19N3O6. The largest absolute Gasteiger partial charge is 0.500 e. The van der Waals surface area contributed by atoms with E-state index >= 15 is 0 Å². The van der Waals surface area contributed by atoms with Crippen molar-refractivity contribution in [2.75, 3.05) is 13.7 Å². The molecule has 0 bridgehead atoms. The van der Waals surface area contributed by atoms with E-state index < -0.39 is 22.3 Å². The second-order valence-electron chi connectivity index (χ2n) is 5.65. The number of carbonyl (C=O) groups is 1. The smallest absolute Gasteiger partial charge is 0.315 e. The fourth-order valence-corrected chi connectivity index (χ4v) is 2.36. The van der Waals surface area contributed by atoms with Gasteiger partial charge >= 0.3 is 5.69 Å². The Bertz CT molecular complexity index is 875. The number of phenols is 1. The number of methoxy groups -OCH3 is 1. The number of hydrogen-bond donors (Lipinski definition) is 2. The first-order valence-electron chi connectivity index (χ1n) is 7.89. The molecule has 0 saturated carbocycles. The number of aromatic hydroxyl groups is 1. The second kappa shape index (κ2) is 8.65. The van der Waals surface area contributed by atoms with Gasteiger partial charge in [-0.15, -0.1) is 0 Å². The van der Waals surface area contributed by atoms with Gasteiger partial charge in [-0.3, -0.25) is 14.9 Å². The number of aryl methyl sites for hydroxylation is 2. The topological polar surface area (TPSA) is 123 Å². The number of hydrogen-bond acceptors (Lipinski definition) is 7. The predicted molar refractivity (Wildman–Crippen MR) is 98.5 cm³/mol. The zero-order valence-corrected chi connectivity index (χ0v) is 15.1. The van der Waals surface area contributed by atoms with E-state index in [4.69, 9.17) is 9.47 Å². The third-order valence-electron chi connectivity index (χ3n) is 3.65. The Hall–Kier alpha value is -3.62. The zero-order chi connectivity index (χ0) is 20.0. The number of hydrazone groups is 1. The molecule has 0 fully saturated rings. The first kappa shape index (κ1) is 19.7. The van der Waals surface area contributed by atoms with E-state index in [2.05, 4.69) is 10.5 Å². The molecule has 0 heterocycles. The van der Waals surface area contributed by atoms with Crippen LogP contribution in [0.2, 0.25) is 0 Å². The van der Waals surface area contributed by atoms with Gasteiger partial charge in [0.15, 0.2) is 12.4 Å². The number of amides is 1. The molecule has 0 radical (unpaired) electrons. The highest BCUT2D eigenvalue weighted by molar-refractivity contribution is 5.85. The van der Waals surface area contributed by atoms with E-state index in [-0.39, 0.29) is 17.9 Å². The van der Waals surface area contributed by atoms with E-state index in [0.717, 1.165) is 17.2 Å². The summed E-state index contributed by atoms with van der Waals surface area (Å²) >= 11 is 0. The molecule has 0 spiro atoms. The van der Waals surface area contributed by atoms with Crippen molar-refractivity contribution >= 4 is 17.8 Å². The number of nitro benzene ring substituents is 1. The lowest BCUT2D eigenvalue weighted by atomic mass is 10.1. The Labute approximate surface area is 155 Å². The Morgan fingerprint density at radius 3 is 2.59 bits per heavy atom. The minimum Gasteiger partial charge on any atom is -0.500 e. The van der Waals surface area contributed by atoms with Crippen molar-refractivity contribution in [3.05, 3.63) is 57.1 Å². The summed E-state index contributed by atoms with van der Waals surface area (Å²) < 4.78 is 10.4. The maximum absolute atomic E-state index is 11.9. The summed E-state index contributed by atoms with van der Waals surface area (Å²) in [6.07, 6.45) is 1.20. The molecule has 9 nitrogen and oxygen atoms in total. The molecular weight excluding hydrogens is 354 g/mol. The number of benzene rings is 2. The van der Waals surface area contributed by atoms with E-state index in [9.17, 15) is 20.0 Å². The van der Waals surface area contributed by atoms with Gasteiger partial charge in [-0.05, 0) is 31.0 Å². The Morgan fingerprint density at radius 1 is 1.33 bits per heavy atom. The summed E-state index contributed by atoms with van der Waals surface area (Å²) in [6, 6.07) is 8.12. The average Bonchev–Trinajstić information content (AvgIpc) is 2.62. The summed E-state index contributed by atoms with van der Waals surface area (Å²) in [5, 5.41) is 24.4. The van der Waals surface area contributed by atoms with Crippen molar-refractivity contribution in [2.24, 2.45) is 5.10 Å². The quantitative estimate of drug-likeness (QED) is 0.436. The van der Waals surface area contributed by atoms with Gasteiger partial charge in [0.05, 0.1) is 18.2 Å². The molecule has 2 aromatic rings. The van der Waals surface area contributed by atoms with Crippen LogP contribution in [0.5, 0.6) is 17.2 Å². The lowest BCUT2D eigenvalue weighted by molar-refractivity contribution is -0.386. The van der Waals surface area contributed by atoms with E-state index in [0.29, 0.717) is 5.75 Å². The number of rotatable bonds is 7. The standard InChI is InChI=1S/C18H19N3O6/c1-11-5-4-6-12(2)18(11)27-10-16(22)20-19-9-13-7-14(21(24)25)17(23)15(8-13)26-3/h4-9,23H,10H2,1-3H3,(H,20,22)/b19-9+.